The predicted molar refractivity (Wildman–Crippen MR) is 75.3 cm³/mol. The molecule has 0 fully saturated rings. The number of aryl methyl sites for hydroxylation is 1. The van der Waals surface area contributed by atoms with E-state index in [0.717, 1.165) is 26.8 Å². The summed E-state index contributed by atoms with van der Waals surface area (Å²) in [6, 6.07) is 1.91. The van der Waals surface area contributed by atoms with Crippen LogP contribution in [0.15, 0.2) is 17.8 Å². The van der Waals surface area contributed by atoms with E-state index in [1.165, 1.54) is 36.3 Å². The van der Waals surface area contributed by atoms with Crippen LogP contribution in [0.4, 0.5) is 0 Å². The van der Waals surface area contributed by atoms with Gasteiger partial charge in [-0.05, 0) is 0 Å². The van der Waals surface area contributed by atoms with Gasteiger partial charge in [0.15, 0.2) is 0 Å². The van der Waals surface area contributed by atoms with Gasteiger partial charge in [-0.2, -0.15) is 0 Å². The minimum atomic E-state index is 0.0957. The monoisotopic (exact) mass is 441 g/mol. The van der Waals surface area contributed by atoms with E-state index < -0.39 is 0 Å². The Hall–Kier alpha value is -1.12. The molecule has 0 N–H and O–H groups in total. The Morgan fingerprint density at radius 3 is 2.79 bits per heavy atom. The van der Waals surface area contributed by atoms with E-state index in [0.29, 0.717) is 0 Å². The molecule has 0 saturated heterocycles. The summed E-state index contributed by atoms with van der Waals surface area (Å²) in [5.74, 6) is 0.818. The van der Waals surface area contributed by atoms with Gasteiger partial charge in [0.25, 0.3) is 0 Å². The second-order valence-electron chi connectivity index (χ2n) is 4.26. The zero-order chi connectivity index (χ0) is 14.0. The van der Waals surface area contributed by atoms with Crippen molar-refractivity contribution in [2.24, 2.45) is 0 Å². The summed E-state index contributed by atoms with van der Waals surface area (Å²) >= 11 is 2.92. The third-order valence-electron chi connectivity index (χ3n) is 2.64. The zero-order valence-corrected chi connectivity index (χ0v) is 14.7. The van der Waals surface area contributed by atoms with Gasteiger partial charge in [-0.3, -0.25) is 0 Å². The standard InChI is InChI=1S/C14H13N2OS.W/c1-8(2)5-14-15-7-12(16-14)11-6-13(9(3)17)18-10(11)4;/h1,5-7H,2-4H3;/q-1;/b8-5+;. The Bertz CT molecular complexity index is 667. The van der Waals surface area contributed by atoms with Crippen molar-refractivity contribution in [1.29, 1.82) is 0 Å². The van der Waals surface area contributed by atoms with Crippen molar-refractivity contribution in [3.63, 3.8) is 0 Å². The summed E-state index contributed by atoms with van der Waals surface area (Å²) in [7, 11) is 0. The molecule has 98 valence electrons. The Balaban J connectivity index is 2.38. The van der Waals surface area contributed by atoms with Crippen LogP contribution < -0.4 is 4.98 Å². The van der Waals surface area contributed by atoms with Gasteiger partial charge in [-0.15, -0.1) is 0 Å². The molecule has 2 aromatic rings. The van der Waals surface area contributed by atoms with Gasteiger partial charge in [-0.25, -0.2) is 0 Å². The van der Waals surface area contributed by atoms with Crippen molar-refractivity contribution in [2.75, 3.05) is 0 Å². The molecule has 0 saturated carbocycles. The van der Waals surface area contributed by atoms with Crippen molar-refractivity contribution in [3.05, 3.63) is 33.4 Å². The average Bonchev–Trinajstić information content (AvgIpc) is 2.95. The van der Waals surface area contributed by atoms with E-state index in [2.05, 4.69) is 14.4 Å². The van der Waals surface area contributed by atoms with Crippen molar-refractivity contribution in [2.45, 2.75) is 20.8 Å². The Morgan fingerprint density at radius 1 is 1.47 bits per heavy atom. The summed E-state index contributed by atoms with van der Waals surface area (Å²) in [4.78, 5) is 22.1. The molecule has 0 aliphatic heterocycles. The number of hydrogen-bond acceptors (Lipinski definition) is 3. The van der Waals surface area contributed by atoms with Crippen LogP contribution in [0.25, 0.3) is 17.3 Å². The first kappa shape index (κ1) is 14.3. The van der Waals surface area contributed by atoms with Gasteiger partial charge in [0.2, 0.25) is 0 Å². The summed E-state index contributed by atoms with van der Waals surface area (Å²) in [5, 5.41) is 0. The molecule has 0 aliphatic rings. The fourth-order valence-electron chi connectivity index (χ4n) is 1.66. The van der Waals surface area contributed by atoms with Crippen LogP contribution in [-0.4, -0.2) is 15.2 Å². The number of thiophene rings is 1. The maximum absolute atomic E-state index is 11.4. The SMILES string of the molecule is CC(=O)c1cc(-c2cnc(/C=C(/C)[CH]=[W])[n-]2)c(C)s1. The van der Waals surface area contributed by atoms with Crippen LogP contribution in [0.1, 0.15) is 34.2 Å². The molecule has 0 atom stereocenters. The quantitative estimate of drug-likeness (QED) is 0.686. The Morgan fingerprint density at radius 2 is 2.21 bits per heavy atom. The van der Waals surface area contributed by atoms with E-state index in [9.17, 15) is 4.79 Å². The van der Waals surface area contributed by atoms with E-state index in [1.807, 2.05) is 26.0 Å². The average molecular weight is 441 g/mol. The first-order valence-electron chi connectivity index (χ1n) is 5.76. The minimum absolute atomic E-state index is 0.0957. The van der Waals surface area contributed by atoms with Crippen LogP contribution in [-0.2, 0) is 19.4 Å². The normalized spacial score (nSPS) is 11.6. The van der Waals surface area contributed by atoms with E-state index in [1.54, 1.807) is 13.1 Å². The molecule has 3 nitrogen and oxygen atoms in total. The second-order valence-corrected chi connectivity index (χ2v) is 6.36. The molecule has 2 rings (SSSR count). The molecule has 0 aromatic carbocycles. The van der Waals surface area contributed by atoms with Gasteiger partial charge in [-0.1, -0.05) is 0 Å². The Kier molecular flexibility index (Phi) is 4.43. The van der Waals surface area contributed by atoms with Crippen molar-refractivity contribution < 1.29 is 24.1 Å². The molecule has 0 amide bonds. The second kappa shape index (κ2) is 5.89. The zero-order valence-electron chi connectivity index (χ0n) is 10.9. The Labute approximate surface area is 127 Å². The first-order chi connectivity index (χ1) is 9.01. The number of allylic oxidation sites excluding steroid dienone is 1. The van der Waals surface area contributed by atoms with Crippen LogP contribution >= 0.6 is 11.3 Å². The van der Waals surface area contributed by atoms with Gasteiger partial charge in [0.1, 0.15) is 0 Å². The number of rotatable bonds is 4. The fraction of sp³-hybridized carbons (Fsp3) is 0.214. The van der Waals surface area contributed by atoms with E-state index in [4.69, 9.17) is 0 Å². The van der Waals surface area contributed by atoms with Gasteiger partial charge < -0.3 is 0 Å². The maximum atomic E-state index is 11.4. The number of carbonyl (C=O) groups is 1. The van der Waals surface area contributed by atoms with Gasteiger partial charge in [0.05, 0.1) is 0 Å². The summed E-state index contributed by atoms with van der Waals surface area (Å²) in [6.45, 7) is 5.63. The molecular formula is C14H13N2OSW-. The predicted octanol–water partition coefficient (Wildman–Crippen LogP) is 3.03. The molecule has 5 heteroatoms. The summed E-state index contributed by atoms with van der Waals surface area (Å²) in [6.07, 6.45) is 3.73. The van der Waals surface area contributed by atoms with Gasteiger partial charge in [0, 0.05) is 0 Å². The number of hydrogen-bond donors (Lipinski definition) is 0. The molecule has 0 radical (unpaired) electrons. The molecule has 0 bridgehead atoms. The number of aromatic nitrogens is 2. The first-order valence-corrected chi connectivity index (χ1v) is 8.27. The number of ketones is 1. The molecule has 0 unspecified atom stereocenters. The number of imidazole rings is 1. The summed E-state index contributed by atoms with van der Waals surface area (Å²) in [5.41, 5.74) is 3.01. The summed E-state index contributed by atoms with van der Waals surface area (Å²) < 4.78 is 2.10. The number of nitrogens with zero attached hydrogens (tertiary/aromatic N) is 2. The third kappa shape index (κ3) is 3.26. The number of Topliss-reactive ketones (excluding diaryl/α,β-unsaturated/α-hetero) is 1. The fourth-order valence-corrected chi connectivity index (χ4v) is 2.82. The number of carbonyl (C=O) groups excluding carboxylic acids is 1. The van der Waals surface area contributed by atoms with Crippen molar-refractivity contribution in [3.8, 4) is 11.3 Å². The van der Waals surface area contributed by atoms with Crippen molar-refractivity contribution >= 4 is 27.6 Å². The van der Waals surface area contributed by atoms with E-state index >= 15 is 0 Å². The third-order valence-corrected chi connectivity index (χ3v) is 5.12. The van der Waals surface area contributed by atoms with Crippen LogP contribution in [0.2, 0.25) is 0 Å². The topological polar surface area (TPSA) is 44.1 Å². The van der Waals surface area contributed by atoms with Crippen LogP contribution in [0.5, 0.6) is 0 Å². The van der Waals surface area contributed by atoms with Crippen LogP contribution in [0, 0.1) is 6.92 Å². The van der Waals surface area contributed by atoms with Crippen molar-refractivity contribution in [1.82, 2.24) is 9.97 Å². The molecule has 0 aliphatic carbocycles. The van der Waals surface area contributed by atoms with E-state index in [-0.39, 0.29) is 5.78 Å². The molecule has 0 spiro atoms. The molecular weight excluding hydrogens is 428 g/mol. The van der Waals surface area contributed by atoms with Crippen LogP contribution in [0.3, 0.4) is 0 Å². The molecule has 2 aromatic heterocycles. The molecule has 2 heterocycles. The molecule has 19 heavy (non-hydrogen) atoms. The van der Waals surface area contributed by atoms with Gasteiger partial charge >= 0.3 is 127 Å².